The predicted molar refractivity (Wildman–Crippen MR) is 183 cm³/mol. The van der Waals surface area contributed by atoms with Crippen molar-refractivity contribution in [3.05, 3.63) is 150 Å². The summed E-state index contributed by atoms with van der Waals surface area (Å²) in [4.78, 5) is 0. The first-order valence-electron chi connectivity index (χ1n) is 15.4. The lowest BCUT2D eigenvalue weighted by atomic mass is 9.76. The quantitative estimate of drug-likeness (QED) is 0.199. The molecule has 1 heteroatoms. The minimum absolute atomic E-state index is 0.371. The van der Waals surface area contributed by atoms with Gasteiger partial charge in [-0.1, -0.05) is 134 Å². The summed E-state index contributed by atoms with van der Waals surface area (Å²) in [5, 5.41) is 7.73. The Morgan fingerprint density at radius 2 is 1.44 bits per heavy atom. The maximum absolute atomic E-state index is 6.38. The first-order chi connectivity index (χ1) is 21.3. The first-order valence-corrected chi connectivity index (χ1v) is 15.4. The number of benzene rings is 6. The molecular weight excluding hydrogens is 520 g/mol. The number of rotatable bonds is 3. The molecule has 0 amide bonds. The van der Waals surface area contributed by atoms with Gasteiger partial charge in [-0.15, -0.1) is 0 Å². The van der Waals surface area contributed by atoms with Crippen LogP contribution < -0.4 is 0 Å². The minimum Gasteiger partial charge on any atom is -0.455 e. The monoisotopic (exact) mass is 550 g/mol. The molecule has 7 aromatic rings. The van der Waals surface area contributed by atoms with Crippen molar-refractivity contribution in [3.63, 3.8) is 0 Å². The molecule has 1 unspecified atom stereocenters. The molecule has 0 fully saturated rings. The zero-order chi connectivity index (χ0) is 28.3. The van der Waals surface area contributed by atoms with E-state index in [-0.39, 0.29) is 0 Å². The van der Waals surface area contributed by atoms with Crippen molar-refractivity contribution in [1.29, 1.82) is 0 Å². The molecule has 43 heavy (non-hydrogen) atoms. The molecule has 1 heterocycles. The number of fused-ring (bicyclic) bond motifs is 7. The molecule has 1 aromatic heterocycles. The van der Waals surface area contributed by atoms with E-state index in [1.54, 1.807) is 0 Å². The van der Waals surface area contributed by atoms with Crippen molar-refractivity contribution in [3.8, 4) is 22.3 Å². The van der Waals surface area contributed by atoms with Crippen LogP contribution in [0.3, 0.4) is 0 Å². The molecule has 0 N–H and O–H groups in total. The fraction of sp³-hybridized carbons (Fsp3) is 0.0952. The summed E-state index contributed by atoms with van der Waals surface area (Å²) in [6, 6.07) is 37.6. The van der Waals surface area contributed by atoms with E-state index in [2.05, 4.69) is 134 Å². The number of hydrogen-bond donors (Lipinski definition) is 0. The lowest BCUT2D eigenvalue weighted by Gasteiger charge is -2.28. The Bertz CT molecular complexity index is 2310. The van der Waals surface area contributed by atoms with E-state index in [0.29, 0.717) is 5.92 Å². The van der Waals surface area contributed by atoms with Crippen LogP contribution in [0.25, 0.3) is 71.8 Å². The van der Waals surface area contributed by atoms with Crippen molar-refractivity contribution in [1.82, 2.24) is 0 Å². The summed E-state index contributed by atoms with van der Waals surface area (Å²) in [6.45, 7) is 0. The van der Waals surface area contributed by atoms with Gasteiger partial charge in [0.25, 0.3) is 0 Å². The fourth-order valence-electron chi connectivity index (χ4n) is 7.54. The summed E-state index contributed by atoms with van der Waals surface area (Å²) in [5.74, 6) is 0.371. The molecule has 9 rings (SSSR count). The lowest BCUT2D eigenvalue weighted by molar-refractivity contribution is 0.670. The van der Waals surface area contributed by atoms with Gasteiger partial charge < -0.3 is 4.42 Å². The Morgan fingerprint density at radius 1 is 0.628 bits per heavy atom. The van der Waals surface area contributed by atoms with Crippen molar-refractivity contribution in [2.24, 2.45) is 0 Å². The van der Waals surface area contributed by atoms with Gasteiger partial charge in [-0.05, 0) is 80.3 Å². The van der Waals surface area contributed by atoms with Gasteiger partial charge in [0.1, 0.15) is 11.2 Å². The highest BCUT2D eigenvalue weighted by atomic mass is 16.3. The van der Waals surface area contributed by atoms with E-state index in [1.807, 2.05) is 6.07 Å². The number of para-hydroxylation sites is 2. The van der Waals surface area contributed by atoms with Crippen LogP contribution in [0, 0.1) is 0 Å². The molecule has 0 radical (unpaired) electrons. The maximum Gasteiger partial charge on any atom is 0.143 e. The van der Waals surface area contributed by atoms with E-state index in [1.165, 1.54) is 54.9 Å². The summed E-state index contributed by atoms with van der Waals surface area (Å²) >= 11 is 0. The van der Waals surface area contributed by atoms with Crippen molar-refractivity contribution >= 4 is 49.6 Å². The molecular formula is C42H30O. The molecule has 2 aliphatic rings. The minimum atomic E-state index is 0.371. The van der Waals surface area contributed by atoms with Crippen molar-refractivity contribution < 1.29 is 4.42 Å². The number of allylic oxidation sites excluding steroid dienone is 5. The van der Waals surface area contributed by atoms with Gasteiger partial charge in [-0.3, -0.25) is 0 Å². The van der Waals surface area contributed by atoms with Gasteiger partial charge in [0.2, 0.25) is 0 Å². The molecule has 0 bridgehead atoms. The largest absolute Gasteiger partial charge is 0.455 e. The van der Waals surface area contributed by atoms with Gasteiger partial charge in [0.05, 0.1) is 0 Å². The van der Waals surface area contributed by atoms with Crippen molar-refractivity contribution in [2.75, 3.05) is 0 Å². The Balaban J connectivity index is 1.28. The molecule has 2 aliphatic carbocycles. The third-order valence-electron chi connectivity index (χ3n) is 9.47. The van der Waals surface area contributed by atoms with Crippen LogP contribution in [0.5, 0.6) is 0 Å². The predicted octanol–water partition coefficient (Wildman–Crippen LogP) is 11.8. The molecule has 1 nitrogen and oxygen atoms in total. The van der Waals surface area contributed by atoms with E-state index < -0.39 is 0 Å². The second kappa shape index (κ2) is 9.71. The normalized spacial score (nSPS) is 16.0. The van der Waals surface area contributed by atoms with Gasteiger partial charge >= 0.3 is 0 Å². The zero-order valence-corrected chi connectivity index (χ0v) is 23.9. The molecule has 6 aromatic carbocycles. The highest BCUT2D eigenvalue weighted by Gasteiger charge is 2.25. The van der Waals surface area contributed by atoms with Gasteiger partial charge in [-0.25, -0.2) is 0 Å². The average molecular weight is 551 g/mol. The Morgan fingerprint density at radius 3 is 2.33 bits per heavy atom. The highest BCUT2D eigenvalue weighted by Crippen LogP contribution is 2.47. The van der Waals surface area contributed by atoms with Gasteiger partial charge in [0, 0.05) is 22.3 Å². The average Bonchev–Trinajstić information content (AvgIpc) is 3.47. The first kappa shape index (κ1) is 24.5. The number of hydrogen-bond acceptors (Lipinski definition) is 1. The maximum atomic E-state index is 6.38. The van der Waals surface area contributed by atoms with Gasteiger partial charge in [-0.2, -0.15) is 0 Å². The van der Waals surface area contributed by atoms with Crippen LogP contribution >= 0.6 is 0 Å². The van der Waals surface area contributed by atoms with Crippen LogP contribution in [-0.4, -0.2) is 0 Å². The second-order valence-corrected chi connectivity index (χ2v) is 11.8. The third kappa shape index (κ3) is 3.78. The summed E-state index contributed by atoms with van der Waals surface area (Å²) in [7, 11) is 0. The highest BCUT2D eigenvalue weighted by molar-refractivity contribution is 6.16. The Labute approximate surface area is 251 Å². The van der Waals surface area contributed by atoms with Crippen LogP contribution in [0.4, 0.5) is 0 Å². The van der Waals surface area contributed by atoms with E-state index in [9.17, 15) is 0 Å². The van der Waals surface area contributed by atoms with E-state index in [4.69, 9.17) is 4.42 Å². The van der Waals surface area contributed by atoms with Crippen LogP contribution in [-0.2, 0) is 6.42 Å². The van der Waals surface area contributed by atoms with E-state index >= 15 is 0 Å². The number of furan rings is 1. The smallest absolute Gasteiger partial charge is 0.143 e. The summed E-state index contributed by atoms with van der Waals surface area (Å²) in [6.07, 6.45) is 17.1. The van der Waals surface area contributed by atoms with Crippen molar-refractivity contribution in [2.45, 2.75) is 25.2 Å². The van der Waals surface area contributed by atoms with Crippen LogP contribution in [0.1, 0.15) is 35.4 Å². The molecule has 1 atom stereocenters. The topological polar surface area (TPSA) is 13.1 Å². The Hall–Kier alpha value is -5.14. The zero-order valence-electron chi connectivity index (χ0n) is 23.9. The standard InChI is InChI=1S/C42H30O/c1-2-12-29(13-3-1)40-35-17-7-6-16-34(35)39(37-26-25-27-11-4-5-14-31(27)41(37)40)30-23-21-28(22-24-30)32-18-10-19-36-33-15-8-9-20-38(33)43-42(32)36/h1-5,7-12,14-15,17-26,29H,6,13,16H2. The fourth-order valence-corrected chi connectivity index (χ4v) is 7.54. The molecule has 0 spiro atoms. The second-order valence-electron chi connectivity index (χ2n) is 11.8. The summed E-state index contributed by atoms with van der Waals surface area (Å²) < 4.78 is 6.38. The van der Waals surface area contributed by atoms with E-state index in [0.717, 1.165) is 46.8 Å². The molecule has 0 saturated carbocycles. The molecule has 204 valence electrons. The third-order valence-corrected chi connectivity index (χ3v) is 9.47. The molecule has 0 saturated heterocycles. The lowest BCUT2D eigenvalue weighted by Crippen LogP contribution is -2.08. The summed E-state index contributed by atoms with van der Waals surface area (Å²) in [5.41, 5.74) is 11.2. The van der Waals surface area contributed by atoms with Gasteiger partial charge in [0.15, 0.2) is 0 Å². The molecule has 0 aliphatic heterocycles. The van der Waals surface area contributed by atoms with Crippen LogP contribution in [0.2, 0.25) is 0 Å². The Kier molecular flexibility index (Phi) is 5.52. The SMILES string of the molecule is C1=CCC(c2c3c(c(-c4ccc(-c5cccc6c5oc5ccccc56)cc4)c4ccc5ccccc5c24)CCC=C3)C=C1. The van der Waals surface area contributed by atoms with Crippen LogP contribution in [0.15, 0.2) is 138 Å².